The highest BCUT2D eigenvalue weighted by atomic mass is 16.5. The number of carbonyl (C=O) groups excluding carboxylic acids is 2. The summed E-state index contributed by atoms with van der Waals surface area (Å²) in [5, 5.41) is 9.80. The van der Waals surface area contributed by atoms with Crippen LogP contribution in [0, 0.1) is 6.92 Å². The van der Waals surface area contributed by atoms with E-state index in [0.29, 0.717) is 6.42 Å². The number of hydrogen-bond acceptors (Lipinski definition) is 7. The molecule has 0 aliphatic carbocycles. The van der Waals surface area contributed by atoms with Crippen molar-refractivity contribution in [3.8, 4) is 5.75 Å². The van der Waals surface area contributed by atoms with Gasteiger partial charge in [-0.1, -0.05) is 13.0 Å². The Morgan fingerprint density at radius 2 is 1.93 bits per heavy atom. The van der Waals surface area contributed by atoms with Gasteiger partial charge in [0.15, 0.2) is 6.61 Å². The third-order valence-electron chi connectivity index (χ3n) is 4.02. The molecule has 27 heavy (non-hydrogen) atoms. The topological polar surface area (TPSA) is 134 Å². The molecule has 0 saturated carbocycles. The Kier molecular flexibility index (Phi) is 5.84. The Bertz CT molecular complexity index is 1020. The van der Waals surface area contributed by atoms with E-state index < -0.39 is 35.2 Å². The van der Waals surface area contributed by atoms with Crippen molar-refractivity contribution in [1.29, 1.82) is 0 Å². The molecule has 1 aromatic carbocycles. The average molecular weight is 375 g/mol. The van der Waals surface area contributed by atoms with Crippen molar-refractivity contribution in [2.75, 3.05) is 12.3 Å². The molecule has 3 N–H and O–H groups in total. The predicted molar refractivity (Wildman–Crippen MR) is 98.1 cm³/mol. The van der Waals surface area contributed by atoms with Gasteiger partial charge < -0.3 is 15.6 Å². The van der Waals surface area contributed by atoms with E-state index in [9.17, 15) is 24.3 Å². The van der Waals surface area contributed by atoms with Gasteiger partial charge in [-0.2, -0.15) is 0 Å². The van der Waals surface area contributed by atoms with Crippen LogP contribution < -0.4 is 17.0 Å². The van der Waals surface area contributed by atoms with Gasteiger partial charge in [0.2, 0.25) is 5.78 Å². The maximum Gasteiger partial charge on any atom is 0.342 e. The number of esters is 1. The van der Waals surface area contributed by atoms with Crippen LogP contribution in [0.25, 0.3) is 0 Å². The second-order valence-electron chi connectivity index (χ2n) is 6.08. The number of nitrogens with two attached hydrogens (primary N) is 1. The quantitative estimate of drug-likeness (QED) is 0.557. The molecule has 0 spiro atoms. The zero-order valence-corrected chi connectivity index (χ0v) is 15.3. The molecular weight excluding hydrogens is 354 g/mol. The van der Waals surface area contributed by atoms with Gasteiger partial charge in [-0.25, -0.2) is 9.59 Å². The molecule has 0 saturated heterocycles. The van der Waals surface area contributed by atoms with Crippen LogP contribution >= 0.6 is 0 Å². The van der Waals surface area contributed by atoms with Gasteiger partial charge in [0.1, 0.15) is 22.7 Å². The number of nitrogens with zero attached hydrogens (tertiary/aromatic N) is 2. The number of benzene rings is 1. The van der Waals surface area contributed by atoms with Crippen LogP contribution in [0.1, 0.15) is 39.6 Å². The van der Waals surface area contributed by atoms with Crippen LogP contribution in [0.5, 0.6) is 5.75 Å². The number of ketones is 1. The summed E-state index contributed by atoms with van der Waals surface area (Å²) in [6.45, 7) is 3.03. The fourth-order valence-corrected chi connectivity index (χ4v) is 2.58. The standard InChI is InChI=1S/C18H21N3O6/c1-4-7-21-15(19)14(16(24)20(3)18(21)26)13(23)9-27-17(25)11-6-5-10(2)8-12(11)22/h5-6,8,22H,4,7,9,19H2,1-3H3. The lowest BCUT2D eigenvalue weighted by atomic mass is 10.1. The summed E-state index contributed by atoms with van der Waals surface area (Å²) in [4.78, 5) is 48.9. The lowest BCUT2D eigenvalue weighted by Crippen LogP contribution is -2.43. The molecule has 0 unspecified atom stereocenters. The van der Waals surface area contributed by atoms with Crippen LogP contribution in [-0.4, -0.2) is 32.6 Å². The summed E-state index contributed by atoms with van der Waals surface area (Å²) in [6.07, 6.45) is 0.567. The molecule has 0 fully saturated rings. The molecule has 1 heterocycles. The molecule has 2 rings (SSSR count). The van der Waals surface area contributed by atoms with Crippen molar-refractivity contribution in [3.63, 3.8) is 0 Å². The Balaban J connectivity index is 2.29. The zero-order valence-electron chi connectivity index (χ0n) is 15.3. The Morgan fingerprint density at radius 3 is 2.52 bits per heavy atom. The SMILES string of the molecule is CCCn1c(N)c(C(=O)COC(=O)c2ccc(C)cc2O)c(=O)n(C)c1=O. The molecular formula is C18H21N3O6. The van der Waals surface area contributed by atoms with Gasteiger partial charge in [-0.05, 0) is 31.0 Å². The number of ether oxygens (including phenoxy) is 1. The number of phenolic OH excluding ortho intramolecular Hbond substituents is 1. The third kappa shape index (κ3) is 3.91. The maximum absolute atomic E-state index is 12.4. The summed E-state index contributed by atoms with van der Waals surface area (Å²) in [6, 6.07) is 4.35. The zero-order chi connectivity index (χ0) is 20.3. The molecule has 9 nitrogen and oxygen atoms in total. The first kappa shape index (κ1) is 20.0. The summed E-state index contributed by atoms with van der Waals surface area (Å²) >= 11 is 0. The summed E-state index contributed by atoms with van der Waals surface area (Å²) in [5.74, 6) is -2.29. The number of phenols is 1. The molecule has 0 aliphatic heterocycles. The second kappa shape index (κ2) is 7.90. The van der Waals surface area contributed by atoms with Crippen LogP contribution in [0.2, 0.25) is 0 Å². The number of aromatic nitrogens is 2. The lowest BCUT2D eigenvalue weighted by molar-refractivity contribution is 0.0471. The lowest BCUT2D eigenvalue weighted by Gasteiger charge is -2.14. The number of rotatable bonds is 6. The average Bonchev–Trinajstić information content (AvgIpc) is 2.61. The van der Waals surface area contributed by atoms with E-state index in [-0.39, 0.29) is 23.7 Å². The predicted octanol–water partition coefficient (Wildman–Crippen LogP) is 0.593. The molecule has 0 amide bonds. The van der Waals surface area contributed by atoms with Crippen molar-refractivity contribution < 1.29 is 19.4 Å². The second-order valence-corrected chi connectivity index (χ2v) is 6.08. The minimum Gasteiger partial charge on any atom is -0.507 e. The smallest absolute Gasteiger partial charge is 0.342 e. The molecule has 144 valence electrons. The third-order valence-corrected chi connectivity index (χ3v) is 4.02. The van der Waals surface area contributed by atoms with E-state index in [1.54, 1.807) is 13.0 Å². The number of aryl methyl sites for hydroxylation is 1. The number of aromatic hydroxyl groups is 1. The fraction of sp³-hybridized carbons (Fsp3) is 0.333. The molecule has 0 atom stereocenters. The largest absolute Gasteiger partial charge is 0.507 e. The van der Waals surface area contributed by atoms with Gasteiger partial charge in [0.25, 0.3) is 5.56 Å². The molecule has 9 heteroatoms. The Labute approximate surface area is 154 Å². The fourth-order valence-electron chi connectivity index (χ4n) is 2.58. The molecule has 0 radical (unpaired) electrons. The van der Waals surface area contributed by atoms with E-state index in [0.717, 1.165) is 14.7 Å². The number of hydrogen-bond donors (Lipinski definition) is 2. The van der Waals surface area contributed by atoms with E-state index in [2.05, 4.69) is 0 Å². The van der Waals surface area contributed by atoms with Crippen molar-refractivity contribution in [1.82, 2.24) is 9.13 Å². The first-order valence-electron chi connectivity index (χ1n) is 8.28. The molecule has 2 aromatic rings. The summed E-state index contributed by atoms with van der Waals surface area (Å²) in [5.41, 5.74) is 4.59. The van der Waals surface area contributed by atoms with Crippen LogP contribution in [0.3, 0.4) is 0 Å². The molecule has 0 bridgehead atoms. The number of carbonyl (C=O) groups is 2. The Morgan fingerprint density at radius 1 is 1.26 bits per heavy atom. The summed E-state index contributed by atoms with van der Waals surface area (Å²) in [7, 11) is 1.24. The number of nitrogen functional groups attached to an aromatic ring is 1. The first-order valence-corrected chi connectivity index (χ1v) is 8.28. The highest BCUT2D eigenvalue weighted by molar-refractivity contribution is 6.02. The van der Waals surface area contributed by atoms with Gasteiger partial charge in [0, 0.05) is 13.6 Å². The van der Waals surface area contributed by atoms with Gasteiger partial charge in [-0.15, -0.1) is 0 Å². The van der Waals surface area contributed by atoms with E-state index in [1.165, 1.54) is 19.2 Å². The Hall–Kier alpha value is -3.36. The van der Waals surface area contributed by atoms with Gasteiger partial charge >= 0.3 is 11.7 Å². The minimum atomic E-state index is -0.918. The van der Waals surface area contributed by atoms with Crippen molar-refractivity contribution in [3.05, 3.63) is 55.7 Å². The van der Waals surface area contributed by atoms with Crippen molar-refractivity contribution in [2.24, 2.45) is 7.05 Å². The van der Waals surface area contributed by atoms with Gasteiger partial charge in [-0.3, -0.25) is 18.7 Å². The maximum atomic E-state index is 12.4. The minimum absolute atomic E-state index is 0.106. The van der Waals surface area contributed by atoms with Crippen LogP contribution in [0.15, 0.2) is 27.8 Å². The van der Waals surface area contributed by atoms with Crippen LogP contribution in [-0.2, 0) is 18.3 Å². The van der Waals surface area contributed by atoms with Crippen molar-refractivity contribution >= 4 is 17.6 Å². The van der Waals surface area contributed by atoms with E-state index >= 15 is 0 Å². The normalized spacial score (nSPS) is 10.6. The van der Waals surface area contributed by atoms with Gasteiger partial charge in [0.05, 0.1) is 0 Å². The van der Waals surface area contributed by atoms with Crippen LogP contribution in [0.4, 0.5) is 5.82 Å². The highest BCUT2D eigenvalue weighted by Crippen LogP contribution is 2.19. The summed E-state index contributed by atoms with van der Waals surface area (Å²) < 4.78 is 6.82. The molecule has 0 aliphatic rings. The monoisotopic (exact) mass is 375 g/mol. The number of anilines is 1. The molecule has 1 aromatic heterocycles. The van der Waals surface area contributed by atoms with E-state index in [1.807, 2.05) is 6.92 Å². The number of Topliss-reactive ketones (excluding diaryl/α,β-unsaturated/α-hetero) is 1. The first-order chi connectivity index (χ1) is 12.7. The van der Waals surface area contributed by atoms with E-state index in [4.69, 9.17) is 10.5 Å². The highest BCUT2D eigenvalue weighted by Gasteiger charge is 2.23. The van der Waals surface area contributed by atoms with Crippen molar-refractivity contribution in [2.45, 2.75) is 26.8 Å².